The zero-order valence-corrected chi connectivity index (χ0v) is 13.8. The van der Waals surface area contributed by atoms with Crippen LogP contribution in [0.3, 0.4) is 0 Å². The summed E-state index contributed by atoms with van der Waals surface area (Å²) in [5.41, 5.74) is 10.6. The van der Waals surface area contributed by atoms with Gasteiger partial charge in [-0.2, -0.15) is 0 Å². The molecule has 2 N–H and O–H groups in total. The molecule has 0 aliphatic carbocycles. The molecule has 1 unspecified atom stereocenters. The lowest BCUT2D eigenvalue weighted by Crippen LogP contribution is -2.16. The summed E-state index contributed by atoms with van der Waals surface area (Å²) in [6.07, 6.45) is 2.19. The van der Waals surface area contributed by atoms with Gasteiger partial charge in [-0.3, -0.25) is 0 Å². The van der Waals surface area contributed by atoms with Gasteiger partial charge in [0.25, 0.3) is 0 Å². The Labute approximate surface area is 126 Å². The van der Waals surface area contributed by atoms with Crippen molar-refractivity contribution in [3.63, 3.8) is 0 Å². The first-order chi connectivity index (χ1) is 9.49. The fraction of sp³-hybridized carbons (Fsp3) is 0.444. The summed E-state index contributed by atoms with van der Waals surface area (Å²) in [5, 5.41) is 2.14. The molecule has 1 atom stereocenters. The molecule has 2 heteroatoms. The van der Waals surface area contributed by atoms with Crippen LogP contribution in [0.1, 0.15) is 61.7 Å². The molecule has 1 aromatic carbocycles. The number of rotatable bonds is 5. The number of nitrogens with two attached hydrogens (primary N) is 1. The Hall–Kier alpha value is -1.12. The van der Waals surface area contributed by atoms with Crippen LogP contribution < -0.4 is 5.73 Å². The third-order valence-corrected chi connectivity index (χ3v) is 5.42. The van der Waals surface area contributed by atoms with Crippen LogP contribution in [0, 0.1) is 0 Å². The van der Waals surface area contributed by atoms with Crippen LogP contribution >= 0.6 is 11.3 Å². The minimum atomic E-state index is 0.00346. The molecule has 0 aliphatic heterocycles. The van der Waals surface area contributed by atoms with Crippen LogP contribution in [0.2, 0.25) is 0 Å². The maximum absolute atomic E-state index is 6.44. The van der Waals surface area contributed by atoms with E-state index in [1.54, 1.807) is 11.3 Å². The Morgan fingerprint density at radius 3 is 2.30 bits per heavy atom. The van der Waals surface area contributed by atoms with E-state index < -0.39 is 0 Å². The quantitative estimate of drug-likeness (QED) is 0.818. The van der Waals surface area contributed by atoms with Gasteiger partial charge in [0, 0.05) is 4.88 Å². The molecule has 0 radical (unpaired) electrons. The highest BCUT2D eigenvalue weighted by Crippen LogP contribution is 2.31. The molecule has 1 heterocycles. The minimum Gasteiger partial charge on any atom is -0.320 e. The lowest BCUT2D eigenvalue weighted by atomic mass is 9.82. The van der Waals surface area contributed by atoms with Gasteiger partial charge in [-0.15, -0.1) is 11.3 Å². The summed E-state index contributed by atoms with van der Waals surface area (Å²) in [4.78, 5) is 1.30. The van der Waals surface area contributed by atoms with Gasteiger partial charge in [0.1, 0.15) is 0 Å². The topological polar surface area (TPSA) is 26.0 Å². The van der Waals surface area contributed by atoms with E-state index in [4.69, 9.17) is 5.73 Å². The van der Waals surface area contributed by atoms with Gasteiger partial charge in [-0.1, -0.05) is 52.0 Å². The molecule has 1 aromatic heterocycles. The average molecular weight is 287 g/mol. The second-order valence-corrected chi connectivity index (χ2v) is 6.95. The van der Waals surface area contributed by atoms with E-state index in [0.717, 1.165) is 12.8 Å². The second kappa shape index (κ2) is 6.11. The molecule has 1 nitrogen and oxygen atoms in total. The van der Waals surface area contributed by atoms with Gasteiger partial charge in [0.2, 0.25) is 0 Å². The number of benzene rings is 1. The van der Waals surface area contributed by atoms with Crippen molar-refractivity contribution < 1.29 is 0 Å². The van der Waals surface area contributed by atoms with Gasteiger partial charge in [-0.05, 0) is 46.4 Å². The van der Waals surface area contributed by atoms with E-state index in [0.29, 0.717) is 0 Å². The van der Waals surface area contributed by atoms with Crippen LogP contribution in [-0.4, -0.2) is 0 Å². The van der Waals surface area contributed by atoms with Crippen molar-refractivity contribution in [1.29, 1.82) is 0 Å². The van der Waals surface area contributed by atoms with Crippen molar-refractivity contribution in [2.75, 3.05) is 0 Å². The first-order valence-corrected chi connectivity index (χ1v) is 8.29. The molecular formula is C18H25NS. The summed E-state index contributed by atoms with van der Waals surface area (Å²) in [6.45, 7) is 9.00. The molecule has 0 bridgehead atoms. The predicted octanol–water partition coefficient (Wildman–Crippen LogP) is 5.05. The Morgan fingerprint density at radius 1 is 1.10 bits per heavy atom. The van der Waals surface area contributed by atoms with E-state index in [1.807, 2.05) is 0 Å². The summed E-state index contributed by atoms with van der Waals surface area (Å²) < 4.78 is 0. The molecule has 0 saturated carbocycles. The maximum Gasteiger partial charge on any atom is 0.0648 e. The van der Waals surface area contributed by atoms with Crippen molar-refractivity contribution in [2.45, 2.75) is 52.0 Å². The Morgan fingerprint density at radius 2 is 1.75 bits per heavy atom. The van der Waals surface area contributed by atoms with E-state index >= 15 is 0 Å². The summed E-state index contributed by atoms with van der Waals surface area (Å²) in [6, 6.07) is 11.0. The SMILES string of the molecule is CCc1ccsc1C(N)c1ccc(C(C)(C)CC)cc1. The van der Waals surface area contributed by atoms with Gasteiger partial charge in [0.15, 0.2) is 0 Å². The number of hydrogen-bond donors (Lipinski definition) is 1. The third kappa shape index (κ3) is 2.97. The van der Waals surface area contributed by atoms with Crippen molar-refractivity contribution in [2.24, 2.45) is 5.73 Å². The standard InChI is InChI=1S/C18H25NS/c1-5-13-11-12-20-17(13)16(19)14-7-9-15(10-8-14)18(3,4)6-2/h7-12,16H,5-6,19H2,1-4H3. The predicted molar refractivity (Wildman–Crippen MR) is 89.5 cm³/mol. The zero-order chi connectivity index (χ0) is 14.8. The van der Waals surface area contributed by atoms with Crippen LogP contribution in [0.4, 0.5) is 0 Å². The average Bonchev–Trinajstić information content (AvgIpc) is 2.95. The zero-order valence-electron chi connectivity index (χ0n) is 12.9. The largest absolute Gasteiger partial charge is 0.320 e. The van der Waals surface area contributed by atoms with Gasteiger partial charge < -0.3 is 5.73 Å². The molecule has 0 aliphatic rings. The molecule has 20 heavy (non-hydrogen) atoms. The molecule has 0 fully saturated rings. The van der Waals surface area contributed by atoms with Crippen LogP contribution in [0.15, 0.2) is 35.7 Å². The highest BCUT2D eigenvalue weighted by Gasteiger charge is 2.19. The maximum atomic E-state index is 6.44. The normalized spacial score (nSPS) is 13.4. The Balaban J connectivity index is 2.26. The van der Waals surface area contributed by atoms with Crippen molar-refractivity contribution >= 4 is 11.3 Å². The highest BCUT2D eigenvalue weighted by molar-refractivity contribution is 7.10. The van der Waals surface area contributed by atoms with Gasteiger partial charge >= 0.3 is 0 Å². The molecule has 0 spiro atoms. The van der Waals surface area contributed by atoms with Crippen LogP contribution in [-0.2, 0) is 11.8 Å². The third-order valence-electron chi connectivity index (χ3n) is 4.38. The monoisotopic (exact) mass is 287 g/mol. The van der Waals surface area contributed by atoms with Crippen molar-refractivity contribution in [3.05, 3.63) is 57.3 Å². The van der Waals surface area contributed by atoms with E-state index in [1.165, 1.54) is 21.6 Å². The van der Waals surface area contributed by atoms with E-state index in [9.17, 15) is 0 Å². The summed E-state index contributed by atoms with van der Waals surface area (Å²) in [5.74, 6) is 0. The summed E-state index contributed by atoms with van der Waals surface area (Å²) in [7, 11) is 0. The lowest BCUT2D eigenvalue weighted by Gasteiger charge is -2.24. The molecule has 2 rings (SSSR count). The number of aryl methyl sites for hydroxylation is 1. The molecule has 0 saturated heterocycles. The van der Waals surface area contributed by atoms with Crippen molar-refractivity contribution in [3.8, 4) is 0 Å². The first-order valence-electron chi connectivity index (χ1n) is 7.42. The van der Waals surface area contributed by atoms with Crippen LogP contribution in [0.5, 0.6) is 0 Å². The number of hydrogen-bond acceptors (Lipinski definition) is 2. The smallest absolute Gasteiger partial charge is 0.0648 e. The molecular weight excluding hydrogens is 262 g/mol. The first kappa shape index (κ1) is 15.3. The summed E-state index contributed by atoms with van der Waals surface area (Å²) >= 11 is 1.77. The lowest BCUT2D eigenvalue weighted by molar-refractivity contribution is 0.506. The Kier molecular flexibility index (Phi) is 4.66. The highest BCUT2D eigenvalue weighted by atomic mass is 32.1. The minimum absolute atomic E-state index is 0.00346. The molecule has 108 valence electrons. The second-order valence-electron chi connectivity index (χ2n) is 6.00. The van der Waals surface area contributed by atoms with E-state index in [-0.39, 0.29) is 11.5 Å². The van der Waals surface area contributed by atoms with Gasteiger partial charge in [0.05, 0.1) is 6.04 Å². The molecule has 2 aromatic rings. The van der Waals surface area contributed by atoms with E-state index in [2.05, 4.69) is 63.4 Å². The fourth-order valence-electron chi connectivity index (χ4n) is 2.41. The van der Waals surface area contributed by atoms with Crippen LogP contribution in [0.25, 0.3) is 0 Å². The van der Waals surface area contributed by atoms with Gasteiger partial charge in [-0.25, -0.2) is 0 Å². The molecule has 0 amide bonds. The Bertz CT molecular complexity index is 551. The fourth-order valence-corrected chi connectivity index (χ4v) is 3.43. The van der Waals surface area contributed by atoms with Crippen molar-refractivity contribution in [1.82, 2.24) is 0 Å². The number of thiophene rings is 1.